The first-order chi connectivity index (χ1) is 21.5. The third-order valence-corrected chi connectivity index (χ3v) is 9.30. The van der Waals surface area contributed by atoms with E-state index in [1.165, 1.54) is 16.7 Å². The third-order valence-electron chi connectivity index (χ3n) is 9.30. The van der Waals surface area contributed by atoms with Crippen molar-refractivity contribution in [2.24, 2.45) is 0 Å². The molecule has 9 nitrogen and oxygen atoms in total. The number of benzene rings is 3. The number of nitrogens with one attached hydrogen (secondary N) is 1. The van der Waals surface area contributed by atoms with Crippen LogP contribution >= 0.6 is 0 Å². The first-order valence-electron chi connectivity index (χ1n) is 15.6. The van der Waals surface area contributed by atoms with Crippen LogP contribution in [0, 0.1) is 13.8 Å². The van der Waals surface area contributed by atoms with Gasteiger partial charge in [0.25, 0.3) is 5.56 Å². The minimum Gasteiger partial charge on any atom is -0.376 e. The number of pyridine rings is 1. The summed E-state index contributed by atoms with van der Waals surface area (Å²) in [6.07, 6.45) is 2.10. The Bertz CT molecular complexity index is 1730. The quantitative estimate of drug-likeness (QED) is 0.278. The molecule has 9 heteroatoms. The lowest BCUT2D eigenvalue weighted by Crippen LogP contribution is -2.50. The van der Waals surface area contributed by atoms with Gasteiger partial charge in [0, 0.05) is 43.9 Å². The smallest absolute Gasteiger partial charge is 0.253 e. The summed E-state index contributed by atoms with van der Waals surface area (Å²) in [5.74, 6) is 0.685. The molecule has 2 fully saturated rings. The number of fused-ring (bicyclic) bond motifs is 1. The van der Waals surface area contributed by atoms with Gasteiger partial charge in [-0.25, -0.2) is 4.68 Å². The number of rotatable bonds is 8. The van der Waals surface area contributed by atoms with E-state index in [-0.39, 0.29) is 17.7 Å². The fraction of sp³-hybridized carbons (Fsp3) is 0.371. The van der Waals surface area contributed by atoms with Crippen LogP contribution in [0.5, 0.6) is 0 Å². The molecule has 0 radical (unpaired) electrons. The Hall–Kier alpha value is -4.18. The average molecular weight is 590 g/mol. The highest BCUT2D eigenvalue weighted by Gasteiger charge is 2.35. The summed E-state index contributed by atoms with van der Waals surface area (Å²) in [4.78, 5) is 21.9. The van der Waals surface area contributed by atoms with Gasteiger partial charge < -0.3 is 9.72 Å². The minimum atomic E-state index is -0.393. The molecule has 5 aromatic rings. The van der Waals surface area contributed by atoms with Gasteiger partial charge in [-0.1, -0.05) is 60.7 Å². The van der Waals surface area contributed by atoms with Crippen molar-refractivity contribution in [3.05, 3.63) is 123 Å². The number of nitrogens with zero attached hydrogens (tertiary/aromatic N) is 6. The van der Waals surface area contributed by atoms with E-state index in [1.54, 1.807) is 0 Å². The minimum absolute atomic E-state index is 0.0766. The van der Waals surface area contributed by atoms with Crippen molar-refractivity contribution in [2.45, 2.75) is 51.4 Å². The van der Waals surface area contributed by atoms with Crippen LogP contribution in [0.15, 0.2) is 83.7 Å². The zero-order valence-electron chi connectivity index (χ0n) is 25.4. The van der Waals surface area contributed by atoms with Gasteiger partial charge in [-0.05, 0) is 83.0 Å². The second kappa shape index (κ2) is 12.4. The summed E-state index contributed by atoms with van der Waals surface area (Å²) < 4.78 is 7.79. The Kier molecular flexibility index (Phi) is 8.08. The van der Waals surface area contributed by atoms with Gasteiger partial charge in [-0.15, -0.1) is 5.10 Å². The van der Waals surface area contributed by atoms with Crippen LogP contribution in [0.4, 0.5) is 0 Å². The Balaban J connectivity index is 1.24. The summed E-state index contributed by atoms with van der Waals surface area (Å²) >= 11 is 0. The zero-order chi connectivity index (χ0) is 30.0. The van der Waals surface area contributed by atoms with Crippen molar-refractivity contribution in [2.75, 3.05) is 32.8 Å². The van der Waals surface area contributed by atoms with Gasteiger partial charge in [-0.2, -0.15) is 0 Å². The van der Waals surface area contributed by atoms with Crippen LogP contribution in [0.25, 0.3) is 10.9 Å². The highest BCUT2D eigenvalue weighted by atomic mass is 16.5. The van der Waals surface area contributed by atoms with E-state index in [1.807, 2.05) is 10.7 Å². The zero-order valence-corrected chi connectivity index (χ0v) is 25.4. The lowest BCUT2D eigenvalue weighted by atomic mass is 9.96. The standard InChI is InChI=1S/C35H39N7O2/c1-24-20-28-22-30(35(43)36-31(28)21-25(24)2)33(34-37-38-39-42(34)23-29-14-9-19-44-29)41-17-15-40(16-18-41)32(26-10-5-3-6-11-26)27-12-7-4-8-13-27/h3-8,10-13,20-22,29,32-33H,9,14-19,23H2,1-2H3,(H,36,43)/t29-,33+/m1/s1. The summed E-state index contributed by atoms with van der Waals surface area (Å²) in [6, 6.07) is 27.4. The molecule has 0 aliphatic carbocycles. The molecule has 3 aromatic carbocycles. The normalized spacial score (nSPS) is 18.8. The molecular formula is C35H39N7O2. The number of tetrazole rings is 1. The van der Waals surface area contributed by atoms with Gasteiger partial charge >= 0.3 is 0 Å². The van der Waals surface area contributed by atoms with Crippen molar-refractivity contribution >= 4 is 10.9 Å². The number of ether oxygens (including phenoxy) is 1. The Morgan fingerprint density at radius 1 is 0.864 bits per heavy atom. The van der Waals surface area contributed by atoms with Gasteiger partial charge in [0.1, 0.15) is 6.04 Å². The van der Waals surface area contributed by atoms with Crippen LogP contribution in [0.1, 0.15) is 58.6 Å². The number of hydrogen-bond donors (Lipinski definition) is 1. The molecular weight excluding hydrogens is 550 g/mol. The monoisotopic (exact) mass is 589 g/mol. The van der Waals surface area contributed by atoms with Crippen molar-refractivity contribution in [1.82, 2.24) is 35.0 Å². The average Bonchev–Trinajstić information content (AvgIpc) is 3.73. The fourth-order valence-corrected chi connectivity index (χ4v) is 6.85. The highest BCUT2D eigenvalue weighted by Crippen LogP contribution is 2.33. The number of H-pyrrole nitrogens is 1. The summed E-state index contributed by atoms with van der Waals surface area (Å²) in [7, 11) is 0. The predicted octanol–water partition coefficient (Wildman–Crippen LogP) is 4.81. The van der Waals surface area contributed by atoms with E-state index in [2.05, 4.69) is 117 Å². The van der Waals surface area contributed by atoms with E-state index in [4.69, 9.17) is 4.74 Å². The maximum Gasteiger partial charge on any atom is 0.253 e. The molecule has 0 spiro atoms. The number of aromatic amines is 1. The molecule has 44 heavy (non-hydrogen) atoms. The van der Waals surface area contributed by atoms with Gasteiger partial charge in [0.05, 0.1) is 18.7 Å². The van der Waals surface area contributed by atoms with E-state index in [0.717, 1.165) is 62.1 Å². The maximum absolute atomic E-state index is 13.8. The van der Waals surface area contributed by atoms with Gasteiger partial charge in [-0.3, -0.25) is 14.6 Å². The molecule has 2 saturated heterocycles. The van der Waals surface area contributed by atoms with Crippen LogP contribution in [0.2, 0.25) is 0 Å². The molecule has 0 amide bonds. The van der Waals surface area contributed by atoms with Crippen molar-refractivity contribution in [3.8, 4) is 0 Å². The SMILES string of the molecule is Cc1cc2cc([C@@H](c3nnnn3C[C@H]3CCCO3)N3CCN(C(c4ccccc4)c4ccccc4)CC3)c(=O)[nH]c2cc1C. The van der Waals surface area contributed by atoms with Crippen LogP contribution in [-0.2, 0) is 11.3 Å². The molecule has 2 atom stereocenters. The molecule has 0 bridgehead atoms. The molecule has 0 saturated carbocycles. The molecule has 4 heterocycles. The maximum atomic E-state index is 13.8. The molecule has 2 aliphatic rings. The van der Waals surface area contributed by atoms with Crippen molar-refractivity contribution in [3.63, 3.8) is 0 Å². The highest BCUT2D eigenvalue weighted by molar-refractivity contribution is 5.81. The molecule has 226 valence electrons. The fourth-order valence-electron chi connectivity index (χ4n) is 6.85. The van der Waals surface area contributed by atoms with Gasteiger partial charge in [0.15, 0.2) is 5.82 Å². The number of aryl methyl sites for hydroxylation is 2. The van der Waals surface area contributed by atoms with Crippen molar-refractivity contribution in [1.29, 1.82) is 0 Å². The summed E-state index contributed by atoms with van der Waals surface area (Å²) in [5, 5.41) is 14.1. The van der Waals surface area contributed by atoms with Crippen LogP contribution < -0.4 is 5.56 Å². The number of aromatic nitrogens is 5. The third kappa shape index (κ3) is 5.70. The van der Waals surface area contributed by atoms with Crippen LogP contribution in [-0.4, -0.2) is 73.9 Å². The topological polar surface area (TPSA) is 92.2 Å². The Morgan fingerprint density at radius 2 is 1.50 bits per heavy atom. The first-order valence-corrected chi connectivity index (χ1v) is 15.6. The molecule has 7 rings (SSSR count). The molecule has 0 unspecified atom stereocenters. The summed E-state index contributed by atoms with van der Waals surface area (Å²) in [6.45, 7) is 8.71. The second-order valence-corrected chi connectivity index (χ2v) is 12.1. The van der Waals surface area contributed by atoms with E-state index < -0.39 is 6.04 Å². The molecule has 2 aliphatic heterocycles. The Labute approximate surface area is 257 Å². The number of piperazine rings is 1. The second-order valence-electron chi connectivity index (χ2n) is 12.1. The van der Waals surface area contributed by atoms with Crippen LogP contribution in [0.3, 0.4) is 0 Å². The first kappa shape index (κ1) is 28.6. The molecule has 2 aromatic heterocycles. The lowest BCUT2D eigenvalue weighted by Gasteiger charge is -2.42. The lowest BCUT2D eigenvalue weighted by molar-refractivity contribution is 0.0778. The van der Waals surface area contributed by atoms with Crippen molar-refractivity contribution < 1.29 is 4.74 Å². The predicted molar refractivity (Wildman–Crippen MR) is 171 cm³/mol. The summed E-state index contributed by atoms with van der Waals surface area (Å²) in [5.41, 5.74) is 6.31. The Morgan fingerprint density at radius 3 is 2.14 bits per heavy atom. The van der Waals surface area contributed by atoms with Gasteiger partial charge in [0.2, 0.25) is 0 Å². The largest absolute Gasteiger partial charge is 0.376 e. The van der Waals surface area contributed by atoms with E-state index in [9.17, 15) is 4.79 Å². The van der Waals surface area contributed by atoms with E-state index >= 15 is 0 Å². The molecule has 1 N–H and O–H groups in total. The number of hydrogen-bond acceptors (Lipinski definition) is 7. The van der Waals surface area contributed by atoms with E-state index in [0.29, 0.717) is 17.9 Å².